The number of carbonyl (C=O) groups excluding carboxylic acids is 1. The summed E-state index contributed by atoms with van der Waals surface area (Å²) in [7, 11) is 0. The molecule has 0 saturated carbocycles. The first kappa shape index (κ1) is 21.8. The van der Waals surface area contributed by atoms with Crippen LogP contribution in [0.15, 0.2) is 48.8 Å². The van der Waals surface area contributed by atoms with E-state index in [0.717, 1.165) is 56.1 Å². The van der Waals surface area contributed by atoms with Crippen LogP contribution in [0.5, 0.6) is 0 Å². The van der Waals surface area contributed by atoms with Crippen LogP contribution in [-0.4, -0.2) is 52.1 Å². The van der Waals surface area contributed by atoms with E-state index in [-0.39, 0.29) is 11.8 Å². The van der Waals surface area contributed by atoms with Crippen molar-refractivity contribution in [3.05, 3.63) is 54.4 Å². The number of amides is 1. The summed E-state index contributed by atoms with van der Waals surface area (Å²) >= 11 is 0. The molecule has 0 aliphatic carbocycles. The summed E-state index contributed by atoms with van der Waals surface area (Å²) in [6.07, 6.45) is 5.15. The molecule has 1 aliphatic heterocycles. The Morgan fingerprint density at radius 3 is 2.41 bits per heavy atom. The van der Waals surface area contributed by atoms with Gasteiger partial charge in [0.1, 0.15) is 0 Å². The van der Waals surface area contributed by atoms with Crippen molar-refractivity contribution in [3.8, 4) is 5.82 Å². The van der Waals surface area contributed by atoms with Gasteiger partial charge in [-0.05, 0) is 75.6 Å². The van der Waals surface area contributed by atoms with Crippen LogP contribution in [0, 0.1) is 12.8 Å². The number of nitrogens with zero attached hydrogens (tertiary/aromatic N) is 6. The maximum Gasteiger partial charge on any atom is 0.227 e. The highest BCUT2D eigenvalue weighted by Crippen LogP contribution is 2.26. The molecule has 8 heteroatoms. The van der Waals surface area contributed by atoms with Gasteiger partial charge in [-0.3, -0.25) is 4.79 Å². The Morgan fingerprint density at radius 1 is 1.09 bits per heavy atom. The van der Waals surface area contributed by atoms with Crippen molar-refractivity contribution in [2.45, 2.75) is 33.6 Å². The average molecular weight is 434 g/mol. The predicted molar refractivity (Wildman–Crippen MR) is 127 cm³/mol. The molecule has 1 fully saturated rings. The molecule has 1 saturated heterocycles. The SMILES string of the molecule is CCN(CC)c1ccc(NC(=O)C2CCN(c3ccc(-n4cccn4)nn3)CC2)c(C)c1. The van der Waals surface area contributed by atoms with E-state index in [9.17, 15) is 4.79 Å². The van der Waals surface area contributed by atoms with Crippen LogP contribution >= 0.6 is 0 Å². The lowest BCUT2D eigenvalue weighted by Gasteiger charge is -2.32. The van der Waals surface area contributed by atoms with E-state index < -0.39 is 0 Å². The number of hydrogen-bond acceptors (Lipinski definition) is 6. The van der Waals surface area contributed by atoms with Gasteiger partial charge in [-0.1, -0.05) is 0 Å². The minimum Gasteiger partial charge on any atom is -0.372 e. The van der Waals surface area contributed by atoms with Gasteiger partial charge in [0.2, 0.25) is 5.91 Å². The molecule has 1 N–H and O–H groups in total. The lowest BCUT2D eigenvalue weighted by Crippen LogP contribution is -2.38. The van der Waals surface area contributed by atoms with E-state index in [0.29, 0.717) is 5.82 Å². The fraction of sp³-hybridized carbons (Fsp3) is 0.417. The maximum atomic E-state index is 12.9. The quantitative estimate of drug-likeness (QED) is 0.612. The molecule has 1 aromatic carbocycles. The number of aromatic nitrogens is 4. The molecule has 32 heavy (non-hydrogen) atoms. The van der Waals surface area contributed by atoms with E-state index >= 15 is 0 Å². The van der Waals surface area contributed by atoms with E-state index in [1.165, 1.54) is 5.69 Å². The molecule has 168 valence electrons. The van der Waals surface area contributed by atoms with E-state index in [1.54, 1.807) is 10.9 Å². The van der Waals surface area contributed by atoms with Gasteiger partial charge in [0.25, 0.3) is 0 Å². The Balaban J connectivity index is 1.33. The summed E-state index contributed by atoms with van der Waals surface area (Å²) in [5, 5.41) is 15.9. The molecule has 3 aromatic rings. The van der Waals surface area contributed by atoms with Crippen molar-refractivity contribution in [2.24, 2.45) is 5.92 Å². The highest BCUT2D eigenvalue weighted by Gasteiger charge is 2.26. The van der Waals surface area contributed by atoms with E-state index in [4.69, 9.17) is 0 Å². The van der Waals surface area contributed by atoms with Crippen LogP contribution in [0.4, 0.5) is 17.2 Å². The molecular weight excluding hydrogens is 402 g/mol. The molecular formula is C24H31N7O. The normalized spacial score (nSPS) is 14.4. The standard InChI is InChI=1S/C24H31N7O/c1-4-29(5-2)20-7-8-21(18(3)17-20)26-24(32)19-11-15-30(16-12-19)22-9-10-23(28-27-22)31-14-6-13-25-31/h6-10,13-14,17,19H,4-5,11-12,15-16H2,1-3H3,(H,26,32). The summed E-state index contributed by atoms with van der Waals surface area (Å²) in [5.74, 6) is 1.63. The summed E-state index contributed by atoms with van der Waals surface area (Å²) in [5.41, 5.74) is 3.18. The maximum absolute atomic E-state index is 12.9. The number of carbonyl (C=O) groups is 1. The lowest BCUT2D eigenvalue weighted by molar-refractivity contribution is -0.120. The van der Waals surface area contributed by atoms with Crippen molar-refractivity contribution in [3.63, 3.8) is 0 Å². The van der Waals surface area contributed by atoms with E-state index in [2.05, 4.69) is 63.3 Å². The lowest BCUT2D eigenvalue weighted by atomic mass is 9.95. The van der Waals surface area contributed by atoms with Crippen LogP contribution in [0.1, 0.15) is 32.3 Å². The van der Waals surface area contributed by atoms with E-state index in [1.807, 2.05) is 30.5 Å². The molecule has 0 atom stereocenters. The Hall–Kier alpha value is -3.42. The van der Waals surface area contributed by atoms with Gasteiger partial charge in [-0.15, -0.1) is 10.2 Å². The topological polar surface area (TPSA) is 79.2 Å². The van der Waals surface area contributed by atoms with Crippen LogP contribution in [0.2, 0.25) is 0 Å². The van der Waals surface area contributed by atoms with Gasteiger partial charge in [0.15, 0.2) is 11.6 Å². The molecule has 0 unspecified atom stereocenters. The van der Waals surface area contributed by atoms with Gasteiger partial charge in [-0.2, -0.15) is 5.10 Å². The van der Waals surface area contributed by atoms with Gasteiger partial charge >= 0.3 is 0 Å². The smallest absolute Gasteiger partial charge is 0.227 e. The number of rotatable bonds is 7. The number of nitrogens with one attached hydrogen (secondary N) is 1. The highest BCUT2D eigenvalue weighted by molar-refractivity contribution is 5.93. The van der Waals surface area contributed by atoms with Crippen molar-refractivity contribution in [1.29, 1.82) is 0 Å². The van der Waals surface area contributed by atoms with Gasteiger partial charge in [-0.25, -0.2) is 4.68 Å². The second kappa shape index (κ2) is 9.80. The summed E-state index contributed by atoms with van der Waals surface area (Å²) < 4.78 is 1.68. The van der Waals surface area contributed by atoms with Crippen molar-refractivity contribution in [1.82, 2.24) is 20.0 Å². The molecule has 0 spiro atoms. The Labute approximate surface area is 189 Å². The molecule has 0 bridgehead atoms. The van der Waals surface area contributed by atoms with Gasteiger partial charge in [0.05, 0.1) is 0 Å². The zero-order chi connectivity index (χ0) is 22.5. The number of hydrogen-bond donors (Lipinski definition) is 1. The van der Waals surface area contributed by atoms with Crippen LogP contribution < -0.4 is 15.1 Å². The van der Waals surface area contributed by atoms with Crippen molar-refractivity contribution >= 4 is 23.1 Å². The van der Waals surface area contributed by atoms with Crippen molar-refractivity contribution in [2.75, 3.05) is 41.3 Å². The molecule has 1 aliphatic rings. The Bertz CT molecular complexity index is 1020. The van der Waals surface area contributed by atoms with Gasteiger partial charge < -0.3 is 15.1 Å². The zero-order valence-corrected chi connectivity index (χ0v) is 19.0. The average Bonchev–Trinajstić information content (AvgIpc) is 3.37. The minimum atomic E-state index is 0.00409. The van der Waals surface area contributed by atoms with Crippen molar-refractivity contribution < 1.29 is 4.79 Å². The largest absolute Gasteiger partial charge is 0.372 e. The summed E-state index contributed by atoms with van der Waals surface area (Å²) in [6.45, 7) is 9.87. The van der Waals surface area contributed by atoms with Gasteiger partial charge in [0, 0.05) is 55.9 Å². The second-order valence-corrected chi connectivity index (χ2v) is 8.12. The molecule has 2 aromatic heterocycles. The fourth-order valence-corrected chi connectivity index (χ4v) is 4.19. The first-order valence-electron chi connectivity index (χ1n) is 11.3. The Kier molecular flexibility index (Phi) is 6.68. The minimum absolute atomic E-state index is 0.00409. The number of anilines is 3. The van der Waals surface area contributed by atoms with Crippen LogP contribution in [-0.2, 0) is 4.79 Å². The first-order chi connectivity index (χ1) is 15.6. The third-order valence-corrected chi connectivity index (χ3v) is 6.16. The molecule has 8 nitrogen and oxygen atoms in total. The number of benzene rings is 1. The third-order valence-electron chi connectivity index (χ3n) is 6.16. The third kappa shape index (κ3) is 4.74. The molecule has 3 heterocycles. The number of aryl methyl sites for hydroxylation is 1. The fourth-order valence-electron chi connectivity index (χ4n) is 4.19. The molecule has 0 radical (unpaired) electrons. The number of piperidine rings is 1. The highest BCUT2D eigenvalue weighted by atomic mass is 16.1. The summed E-state index contributed by atoms with van der Waals surface area (Å²) in [4.78, 5) is 17.4. The molecule has 1 amide bonds. The Morgan fingerprint density at radius 2 is 1.81 bits per heavy atom. The first-order valence-corrected chi connectivity index (χ1v) is 11.3. The van der Waals surface area contributed by atoms with Crippen LogP contribution in [0.3, 0.4) is 0 Å². The second-order valence-electron chi connectivity index (χ2n) is 8.12. The predicted octanol–water partition coefficient (Wildman–Crippen LogP) is 3.67. The monoisotopic (exact) mass is 433 g/mol. The summed E-state index contributed by atoms with van der Waals surface area (Å²) in [6, 6.07) is 12.0. The zero-order valence-electron chi connectivity index (χ0n) is 19.0. The van der Waals surface area contributed by atoms with Crippen LogP contribution in [0.25, 0.3) is 5.82 Å². The molecule has 4 rings (SSSR count).